The van der Waals surface area contributed by atoms with Gasteiger partial charge in [0.1, 0.15) is 5.75 Å². The number of aryl methyl sites for hydroxylation is 2. The molecule has 2 aromatic rings. The van der Waals surface area contributed by atoms with Crippen molar-refractivity contribution >= 4 is 5.97 Å². The molecule has 1 fully saturated rings. The summed E-state index contributed by atoms with van der Waals surface area (Å²) in [5.74, 6) is 0.606. The fraction of sp³-hybridized carbons (Fsp3) is 0.500. The van der Waals surface area contributed by atoms with Gasteiger partial charge in [-0.3, -0.25) is 0 Å². The molecule has 1 aliphatic carbocycles. The van der Waals surface area contributed by atoms with Crippen LogP contribution in [0.15, 0.2) is 54.6 Å². The summed E-state index contributed by atoms with van der Waals surface area (Å²) in [7, 11) is 1.70. The lowest BCUT2D eigenvalue weighted by Gasteiger charge is -2.29. The number of carboxylic acids is 1. The van der Waals surface area contributed by atoms with Gasteiger partial charge in [-0.2, -0.15) is 0 Å². The Labute approximate surface area is 216 Å². The van der Waals surface area contributed by atoms with Crippen molar-refractivity contribution < 1.29 is 24.5 Å². The van der Waals surface area contributed by atoms with Crippen LogP contribution in [0.3, 0.4) is 0 Å². The lowest BCUT2D eigenvalue weighted by atomic mass is 9.93. The summed E-state index contributed by atoms with van der Waals surface area (Å²) in [6.07, 6.45) is 5.41. The number of allylic oxidation sites excluding steroid dienone is 1. The van der Waals surface area contributed by atoms with Gasteiger partial charge in [0.25, 0.3) is 0 Å². The maximum atomic E-state index is 10.6. The number of carbonyl (C=O) groups is 1. The van der Waals surface area contributed by atoms with E-state index in [9.17, 15) is 9.90 Å². The number of aliphatic carboxylic acids is 1. The molecule has 6 nitrogen and oxygen atoms in total. The van der Waals surface area contributed by atoms with Crippen molar-refractivity contribution in [1.82, 2.24) is 5.32 Å². The fourth-order valence-corrected chi connectivity index (χ4v) is 4.22. The first-order chi connectivity index (χ1) is 17.1. The summed E-state index contributed by atoms with van der Waals surface area (Å²) < 4.78 is 11.6. The second kappa shape index (κ2) is 14.2. The number of aliphatic hydroxyl groups is 1. The third-order valence-corrected chi connectivity index (χ3v) is 6.24. The van der Waals surface area contributed by atoms with Gasteiger partial charge in [0, 0.05) is 18.2 Å². The van der Waals surface area contributed by atoms with E-state index in [4.69, 9.17) is 14.6 Å². The van der Waals surface area contributed by atoms with Crippen LogP contribution in [0.2, 0.25) is 0 Å². The number of aliphatic hydroxyl groups excluding tert-OH is 1. The average Bonchev–Trinajstić information content (AvgIpc) is 3.65. The first-order valence-electron chi connectivity index (χ1n) is 12.7. The Hall–Kier alpha value is -2.67. The lowest BCUT2D eigenvalue weighted by Crippen LogP contribution is -2.46. The summed E-state index contributed by atoms with van der Waals surface area (Å²) in [5.41, 5.74) is 4.79. The molecule has 0 amide bonds. The summed E-state index contributed by atoms with van der Waals surface area (Å²) in [5, 5.41) is 21.9. The van der Waals surface area contributed by atoms with E-state index in [1.807, 2.05) is 6.07 Å². The molecule has 36 heavy (non-hydrogen) atoms. The van der Waals surface area contributed by atoms with E-state index in [0.29, 0.717) is 19.1 Å². The second-order valence-electron chi connectivity index (χ2n) is 10.2. The Morgan fingerprint density at radius 3 is 2.39 bits per heavy atom. The highest BCUT2D eigenvalue weighted by atomic mass is 16.5. The molecule has 0 bridgehead atoms. The number of carboxylic acid groups (broad SMARTS) is 1. The normalized spacial score (nSPS) is 15.2. The van der Waals surface area contributed by atoms with E-state index >= 15 is 0 Å². The molecule has 1 saturated carbocycles. The predicted molar refractivity (Wildman–Crippen MR) is 145 cm³/mol. The van der Waals surface area contributed by atoms with Gasteiger partial charge >= 0.3 is 5.97 Å². The fourth-order valence-electron chi connectivity index (χ4n) is 4.22. The van der Waals surface area contributed by atoms with Crippen LogP contribution in [-0.2, 0) is 16.0 Å². The second-order valence-corrected chi connectivity index (χ2v) is 10.2. The Morgan fingerprint density at radius 1 is 1.17 bits per heavy atom. The van der Waals surface area contributed by atoms with Crippen molar-refractivity contribution in [2.24, 2.45) is 5.92 Å². The molecule has 0 heterocycles. The molecule has 6 heteroatoms. The third kappa shape index (κ3) is 10.1. The van der Waals surface area contributed by atoms with Crippen LogP contribution in [0, 0.1) is 19.8 Å². The van der Waals surface area contributed by atoms with E-state index in [1.165, 1.54) is 35.6 Å². The van der Waals surface area contributed by atoms with Crippen LogP contribution >= 0.6 is 0 Å². The molecule has 3 N–H and O–H groups in total. The number of ether oxygens (including phenoxy) is 2. The van der Waals surface area contributed by atoms with Gasteiger partial charge in [0.2, 0.25) is 0 Å². The Kier molecular flexibility index (Phi) is 11.6. The Morgan fingerprint density at radius 2 is 1.86 bits per heavy atom. The van der Waals surface area contributed by atoms with Gasteiger partial charge in [0.05, 0.1) is 25.9 Å². The molecule has 198 valence electrons. The maximum Gasteiger partial charge on any atom is 0.327 e. The molecule has 0 radical (unpaired) electrons. The lowest BCUT2D eigenvalue weighted by molar-refractivity contribution is -0.131. The molecule has 0 aromatic heterocycles. The molecular formula is C30H43NO5. The number of nitrogens with one attached hydrogen (secondary N) is 1. The highest BCUT2D eigenvalue weighted by Crippen LogP contribution is 2.44. The highest BCUT2D eigenvalue weighted by Gasteiger charge is 2.34. The van der Waals surface area contributed by atoms with Gasteiger partial charge in [-0.25, -0.2) is 4.79 Å². The van der Waals surface area contributed by atoms with Crippen LogP contribution in [0.1, 0.15) is 62.0 Å². The first kappa shape index (κ1) is 29.6. The van der Waals surface area contributed by atoms with Crippen molar-refractivity contribution in [1.29, 1.82) is 0 Å². The standard InChI is InChI=1S/C26H37NO3.C4H6O2/c1-18-8-6-7-9-23(18)25(21-11-12-21)30-17-22(28)16-27-26(3,4)15-20-10-13-24(29-5)19(2)14-20;1-2-3-4(5)6/h6-10,13-14,21-22,25,27-28H,11-12,15-17H2,1-5H3;2-3H,1H3,(H,5,6)/b;3-2+/t22-,25-;/m1./s1. The third-order valence-electron chi connectivity index (χ3n) is 6.24. The monoisotopic (exact) mass is 497 g/mol. The minimum absolute atomic E-state index is 0.0936. The molecular weight excluding hydrogens is 454 g/mol. The van der Waals surface area contributed by atoms with E-state index in [2.05, 4.69) is 69.4 Å². The SMILES string of the molecule is C/C=C/C(=O)O.COc1ccc(CC(C)(C)NC[C@@H](O)CO[C@@H](c2ccccc2C)C2CC2)cc1C. The average molecular weight is 498 g/mol. The summed E-state index contributed by atoms with van der Waals surface area (Å²) in [4.78, 5) is 9.51. The maximum absolute atomic E-state index is 10.6. The summed E-state index contributed by atoms with van der Waals surface area (Å²) >= 11 is 0. The number of benzene rings is 2. The molecule has 2 atom stereocenters. The largest absolute Gasteiger partial charge is 0.496 e. The van der Waals surface area contributed by atoms with Crippen LogP contribution in [-0.4, -0.2) is 48.1 Å². The zero-order chi connectivity index (χ0) is 26.7. The van der Waals surface area contributed by atoms with Gasteiger partial charge in [0.15, 0.2) is 0 Å². The topological polar surface area (TPSA) is 88.0 Å². The molecule has 0 unspecified atom stereocenters. The van der Waals surface area contributed by atoms with Crippen molar-refractivity contribution in [3.63, 3.8) is 0 Å². The Balaban J connectivity index is 0.000000678. The van der Waals surface area contributed by atoms with Gasteiger partial charge < -0.3 is 25.0 Å². The van der Waals surface area contributed by atoms with Crippen LogP contribution < -0.4 is 10.1 Å². The molecule has 2 aromatic carbocycles. The van der Waals surface area contributed by atoms with E-state index in [1.54, 1.807) is 14.0 Å². The van der Waals surface area contributed by atoms with Crippen molar-refractivity contribution in [2.75, 3.05) is 20.3 Å². The number of hydrogen-bond donors (Lipinski definition) is 3. The molecule has 0 saturated heterocycles. The van der Waals surface area contributed by atoms with Gasteiger partial charge in [-0.1, -0.05) is 42.5 Å². The molecule has 0 spiro atoms. The highest BCUT2D eigenvalue weighted by molar-refractivity contribution is 5.79. The number of hydrogen-bond acceptors (Lipinski definition) is 5. The van der Waals surface area contributed by atoms with E-state index in [-0.39, 0.29) is 11.6 Å². The zero-order valence-electron chi connectivity index (χ0n) is 22.6. The molecule has 3 rings (SSSR count). The number of rotatable bonds is 12. The zero-order valence-corrected chi connectivity index (χ0v) is 22.6. The summed E-state index contributed by atoms with van der Waals surface area (Å²) in [6.45, 7) is 11.0. The van der Waals surface area contributed by atoms with Gasteiger partial charge in [-0.15, -0.1) is 0 Å². The first-order valence-corrected chi connectivity index (χ1v) is 12.7. The Bertz CT molecular complexity index is 997. The molecule has 1 aliphatic rings. The van der Waals surface area contributed by atoms with Crippen LogP contribution in [0.5, 0.6) is 5.75 Å². The van der Waals surface area contributed by atoms with Crippen molar-refractivity contribution in [3.05, 3.63) is 76.9 Å². The van der Waals surface area contributed by atoms with E-state index in [0.717, 1.165) is 23.8 Å². The van der Waals surface area contributed by atoms with Crippen molar-refractivity contribution in [2.45, 2.75) is 71.6 Å². The van der Waals surface area contributed by atoms with Crippen LogP contribution in [0.4, 0.5) is 0 Å². The number of β-amino-alcohol motifs (C(OH)–C–C–N with tert-alkyl or cyclic N) is 1. The minimum Gasteiger partial charge on any atom is -0.496 e. The number of methoxy groups -OCH3 is 1. The van der Waals surface area contributed by atoms with E-state index < -0.39 is 12.1 Å². The smallest absolute Gasteiger partial charge is 0.327 e. The summed E-state index contributed by atoms with van der Waals surface area (Å²) in [6, 6.07) is 14.7. The van der Waals surface area contributed by atoms with Crippen LogP contribution in [0.25, 0.3) is 0 Å². The molecule has 0 aliphatic heterocycles. The quantitative estimate of drug-likeness (QED) is 0.340. The predicted octanol–water partition coefficient (Wildman–Crippen LogP) is 5.40. The minimum atomic E-state index is -0.891. The van der Waals surface area contributed by atoms with Gasteiger partial charge in [-0.05, 0) is 88.1 Å². The van der Waals surface area contributed by atoms with Crippen molar-refractivity contribution in [3.8, 4) is 5.75 Å².